The number of nitrogens with one attached hydrogen (secondary N) is 5. The molecule has 0 aromatic heterocycles. The van der Waals surface area contributed by atoms with Gasteiger partial charge in [0, 0.05) is 52.7 Å². The highest BCUT2D eigenvalue weighted by Gasteiger charge is 2.51. The van der Waals surface area contributed by atoms with E-state index in [9.17, 15) is 98.4 Å². The van der Waals surface area contributed by atoms with E-state index in [1.54, 1.807) is 97.7 Å². The number of carbonyl (C=O) groups excluding carboxylic acids is 10. The molecule has 1 saturated carbocycles. The summed E-state index contributed by atoms with van der Waals surface area (Å²) in [5.41, 5.74) is 1.05. The summed E-state index contributed by atoms with van der Waals surface area (Å²) in [5, 5.41) is 96.0. The number of imide groups is 1. The maximum absolute atomic E-state index is 15.0. The van der Waals surface area contributed by atoms with Crippen LogP contribution in [0.25, 0.3) is 0 Å². The number of benzene rings is 2. The van der Waals surface area contributed by atoms with Gasteiger partial charge in [-0.25, -0.2) is 9.59 Å². The highest BCUT2D eigenvalue weighted by molar-refractivity contribution is 6.14. The highest BCUT2D eigenvalue weighted by atomic mass is 16.7. The van der Waals surface area contributed by atoms with E-state index < -0.39 is 224 Å². The lowest BCUT2D eigenvalue weighted by Gasteiger charge is -2.41. The fourth-order valence-corrected chi connectivity index (χ4v) is 14.1. The molecule has 3 aliphatic heterocycles. The van der Waals surface area contributed by atoms with Crippen LogP contribution in [-0.4, -0.2) is 289 Å². The maximum Gasteiger partial charge on any atom is 0.410 e. The molecule has 4 aliphatic rings. The number of hydrogen-bond acceptors (Lipinski definition) is 24. The van der Waals surface area contributed by atoms with Crippen molar-refractivity contribution in [3.05, 3.63) is 77.9 Å². The lowest BCUT2D eigenvalue weighted by Crippen LogP contribution is -2.61. The number of aliphatic hydroxyl groups is 6. The molecule has 10 amide bonds. The number of ether oxygens (including phenoxy) is 6. The van der Waals surface area contributed by atoms with E-state index >= 15 is 0 Å². The Morgan fingerprint density at radius 3 is 1.83 bits per heavy atom. The van der Waals surface area contributed by atoms with Gasteiger partial charge in [-0.15, -0.1) is 0 Å². The van der Waals surface area contributed by atoms with E-state index in [1.165, 1.54) is 50.4 Å². The van der Waals surface area contributed by atoms with Crippen LogP contribution in [-0.2, 0) is 87.8 Å². The number of carboxylic acid groups (broad SMARTS) is 2. The van der Waals surface area contributed by atoms with Crippen molar-refractivity contribution in [2.24, 2.45) is 35.5 Å². The number of amides is 10. The molecule has 0 radical (unpaired) electrons. The second-order valence-electron chi connectivity index (χ2n) is 29.3. The predicted molar refractivity (Wildman–Crippen MR) is 385 cm³/mol. The minimum absolute atomic E-state index is 0.0977. The van der Waals surface area contributed by atoms with Crippen molar-refractivity contribution >= 4 is 76.9 Å². The Labute approximate surface area is 632 Å². The summed E-state index contributed by atoms with van der Waals surface area (Å²) < 4.78 is 34.9. The van der Waals surface area contributed by atoms with E-state index in [2.05, 4.69) is 26.6 Å². The van der Waals surface area contributed by atoms with E-state index in [4.69, 9.17) is 28.4 Å². The standard InChI is InChI=1S/C74H109N9O26/c1-15-38(8)56(47(104-13)31-52(87)82-29-19-22-46(82)63(105-14)39(9)66(94)75-40(10)64(42-20-17-16-18-21-42)108-48-30-44(71(99)100)57(88)59(90)58(48)89)80(11)70(98)54(36(4)5)79-69(97)55(37(6)7)81(12)74(103)107-33-41-23-25-43(26-24-41)76-67(95)45(34-106-73-62(93)60(91)61(92)65(109-73)72(101)102)77-68(96)53(35(2)3)78-49(84)32-83-50(85)27-28-51(83)86/h16-18,20-21,23-28,35-40,44-48,53-65,73,88-93H,15,19,22,29-34H2,1-14H3,(H,75,94)(H,76,95)(H,77,96)(H,78,84)(H,79,97)(H,99,100)(H,101,102)/t38-,39+,40+,44-,45-,46-,47+,48+,53-,54-,55-,56-,57+,58-,59-,60-,61-,62+,63+,64+,65-,73+/m0/s1. The van der Waals surface area contributed by atoms with Gasteiger partial charge in [0.05, 0.1) is 67.4 Å². The molecule has 0 spiro atoms. The predicted octanol–water partition coefficient (Wildman–Crippen LogP) is -0.443. The van der Waals surface area contributed by atoms with Gasteiger partial charge in [0.15, 0.2) is 12.4 Å². The molecule has 0 unspecified atom stereocenters. The zero-order valence-corrected chi connectivity index (χ0v) is 63.9. The van der Waals surface area contributed by atoms with Gasteiger partial charge < -0.3 is 106 Å². The molecule has 35 heteroatoms. The molecule has 109 heavy (non-hydrogen) atoms. The summed E-state index contributed by atoms with van der Waals surface area (Å²) in [6.07, 6.45) is -17.4. The molecule has 606 valence electrons. The van der Waals surface area contributed by atoms with Crippen LogP contribution >= 0.6 is 0 Å². The first kappa shape index (κ1) is 89.3. The number of aliphatic hydroxyl groups excluding tert-OH is 6. The Morgan fingerprint density at radius 2 is 1.28 bits per heavy atom. The lowest BCUT2D eigenvalue weighted by atomic mass is 9.80. The number of hydrogen-bond donors (Lipinski definition) is 13. The lowest BCUT2D eigenvalue weighted by molar-refractivity contribution is -0.294. The fraction of sp³-hybridized carbons (Fsp3) is 0.649. The van der Waals surface area contributed by atoms with Crippen LogP contribution in [0.5, 0.6) is 0 Å². The Morgan fingerprint density at radius 1 is 0.661 bits per heavy atom. The molecular weight excluding hydrogens is 1430 g/mol. The minimum atomic E-state index is -2.09. The van der Waals surface area contributed by atoms with Gasteiger partial charge in [-0.3, -0.25) is 57.7 Å². The Balaban J connectivity index is 1.09. The number of nitrogens with zero attached hydrogens (tertiary/aromatic N) is 4. The van der Waals surface area contributed by atoms with Gasteiger partial charge in [-0.05, 0) is 73.1 Å². The molecule has 1 aliphatic carbocycles. The molecule has 22 atom stereocenters. The SMILES string of the molecule is CC[C@H](C)[C@@H]([C@@H](CC(=O)N1CCC[C@H]1[C@H](OC)[C@@H](C)C(=O)N[C@H](C)[C@@H](O[C@@H]1C[C@H](C(=O)O)[C@@H](O)[C@H](O)[C@H]1O)c1ccccc1)OC)N(C)C(=O)[C@@H](NC(=O)[C@H](C(C)C)N(C)C(=O)OCc1ccc(NC(=O)[C@H](CO[C@@H]2O[C@H](C(=O)O)[C@@H](O)[C@H](O)[C@H]2O)NC(=O)[C@@H](NC(=O)CN2C(=O)C=CC2=O)C(C)C)cc1)C(C)C. The number of likely N-dealkylation sites (tertiary alicyclic amines) is 1. The quantitative estimate of drug-likeness (QED) is 0.0381. The topological polar surface area (TPSA) is 495 Å². The van der Waals surface area contributed by atoms with Crippen LogP contribution in [0.15, 0.2) is 66.7 Å². The van der Waals surface area contributed by atoms with Crippen molar-refractivity contribution in [2.75, 3.05) is 53.3 Å². The molecular formula is C74H109N9O26. The van der Waals surface area contributed by atoms with E-state index in [0.717, 1.165) is 17.1 Å². The van der Waals surface area contributed by atoms with Crippen molar-refractivity contribution in [3.63, 3.8) is 0 Å². The number of likely N-dealkylation sites (N-methyl/N-ethyl adjacent to an activating group) is 2. The van der Waals surface area contributed by atoms with Gasteiger partial charge >= 0.3 is 18.0 Å². The van der Waals surface area contributed by atoms with Crippen molar-refractivity contribution < 1.29 is 127 Å². The largest absolute Gasteiger partial charge is 0.481 e. The van der Waals surface area contributed by atoms with Crippen LogP contribution in [0.3, 0.4) is 0 Å². The molecule has 6 rings (SSSR count). The molecule has 2 saturated heterocycles. The van der Waals surface area contributed by atoms with Gasteiger partial charge in [-0.1, -0.05) is 111 Å². The van der Waals surface area contributed by atoms with Crippen LogP contribution in [0, 0.1) is 35.5 Å². The van der Waals surface area contributed by atoms with Crippen LogP contribution in [0.4, 0.5) is 10.5 Å². The average Bonchev–Trinajstić information content (AvgIpc) is 1.42. The number of methoxy groups -OCH3 is 2. The third kappa shape index (κ3) is 22.6. The van der Waals surface area contributed by atoms with Crippen LogP contribution < -0.4 is 26.6 Å². The van der Waals surface area contributed by atoms with Gasteiger partial charge in [-0.2, -0.15) is 0 Å². The normalized spacial score (nSPS) is 25.2. The van der Waals surface area contributed by atoms with Crippen LogP contribution in [0.1, 0.15) is 119 Å². The second-order valence-corrected chi connectivity index (χ2v) is 29.3. The van der Waals surface area contributed by atoms with Gasteiger partial charge in [0.25, 0.3) is 11.8 Å². The molecule has 0 bridgehead atoms. The number of anilines is 1. The number of aliphatic carboxylic acids is 2. The summed E-state index contributed by atoms with van der Waals surface area (Å²) in [4.78, 5) is 166. The Bertz CT molecular complexity index is 3500. The number of carboxylic acids is 2. The average molecular weight is 1540 g/mol. The van der Waals surface area contributed by atoms with E-state index in [1.807, 2.05) is 13.8 Å². The molecule has 3 fully saturated rings. The summed E-state index contributed by atoms with van der Waals surface area (Å²) in [7, 11) is 5.81. The second kappa shape index (κ2) is 40.4. The number of rotatable bonds is 37. The molecule has 2 aromatic carbocycles. The zero-order chi connectivity index (χ0) is 81.3. The highest BCUT2D eigenvalue weighted by Crippen LogP contribution is 2.35. The van der Waals surface area contributed by atoms with Crippen molar-refractivity contribution in [2.45, 2.75) is 224 Å². The molecule has 13 N–H and O–H groups in total. The third-order valence-electron chi connectivity index (χ3n) is 20.6. The van der Waals surface area contributed by atoms with Crippen molar-refractivity contribution in [1.29, 1.82) is 0 Å². The zero-order valence-electron chi connectivity index (χ0n) is 63.9. The Hall–Kier alpha value is -8.62. The first-order valence-electron chi connectivity index (χ1n) is 36.5. The van der Waals surface area contributed by atoms with Crippen molar-refractivity contribution in [3.8, 4) is 0 Å². The summed E-state index contributed by atoms with van der Waals surface area (Å²) in [6.45, 7) is 15.5. The summed E-state index contributed by atoms with van der Waals surface area (Å²) in [5.74, 6) is -13.8. The number of carbonyl (C=O) groups is 12. The Kier molecular flexibility index (Phi) is 33.1. The van der Waals surface area contributed by atoms with E-state index in [-0.39, 0.29) is 37.0 Å². The van der Waals surface area contributed by atoms with Gasteiger partial charge in [0.1, 0.15) is 73.9 Å². The fourth-order valence-electron chi connectivity index (χ4n) is 14.1. The first-order chi connectivity index (χ1) is 51.3. The van der Waals surface area contributed by atoms with Crippen molar-refractivity contribution in [1.82, 2.24) is 40.9 Å². The summed E-state index contributed by atoms with van der Waals surface area (Å²) in [6, 6.07) is 6.81. The molecule has 2 aromatic rings. The molecule has 3 heterocycles. The third-order valence-corrected chi connectivity index (χ3v) is 20.6. The van der Waals surface area contributed by atoms with Crippen LogP contribution in [0.2, 0.25) is 0 Å². The van der Waals surface area contributed by atoms with E-state index in [0.29, 0.717) is 41.8 Å². The first-order valence-corrected chi connectivity index (χ1v) is 36.5. The molecule has 35 nitrogen and oxygen atoms in total. The minimum Gasteiger partial charge on any atom is -0.481 e. The monoisotopic (exact) mass is 1540 g/mol. The summed E-state index contributed by atoms with van der Waals surface area (Å²) >= 11 is 0. The maximum atomic E-state index is 15.0. The van der Waals surface area contributed by atoms with Gasteiger partial charge in [0.2, 0.25) is 41.4 Å². The smallest absolute Gasteiger partial charge is 0.410 e.